The molecule has 3 nitrogen and oxygen atoms in total. The van der Waals surface area contributed by atoms with Crippen molar-refractivity contribution < 1.29 is 14.7 Å². The number of carboxylic acids is 1. The van der Waals surface area contributed by atoms with Crippen molar-refractivity contribution in [3.63, 3.8) is 0 Å². The molecule has 1 aromatic rings. The lowest BCUT2D eigenvalue weighted by Crippen LogP contribution is -2.13. The summed E-state index contributed by atoms with van der Waals surface area (Å²) in [7, 11) is 0. The normalized spacial score (nSPS) is 17.1. The third kappa shape index (κ3) is 2.94. The Balaban J connectivity index is 0.000000686. The number of rotatable bonds is 2. The van der Waals surface area contributed by atoms with E-state index in [2.05, 4.69) is 15.9 Å². The summed E-state index contributed by atoms with van der Waals surface area (Å²) in [5.74, 6) is -1.36. The van der Waals surface area contributed by atoms with Crippen LogP contribution < -0.4 is 0 Å². The van der Waals surface area contributed by atoms with Gasteiger partial charge < -0.3 is 5.11 Å². The molecule has 1 aromatic carbocycles. The van der Waals surface area contributed by atoms with Crippen LogP contribution in [0.25, 0.3) is 0 Å². The predicted octanol–water partition coefficient (Wildman–Crippen LogP) is 3.31. The summed E-state index contributed by atoms with van der Waals surface area (Å²) in [6.07, 6.45) is 0.446. The monoisotopic (exact) mass is 298 g/mol. The minimum atomic E-state index is -0.919. The molecule has 0 spiro atoms. The second-order valence-electron chi connectivity index (χ2n) is 3.63. The van der Waals surface area contributed by atoms with E-state index in [9.17, 15) is 9.59 Å². The Morgan fingerprint density at radius 2 is 2.12 bits per heavy atom. The number of benzene rings is 1. The molecule has 1 N–H and O–H groups in total. The topological polar surface area (TPSA) is 54.4 Å². The van der Waals surface area contributed by atoms with Crippen molar-refractivity contribution in [3.8, 4) is 0 Å². The molecule has 0 heterocycles. The lowest BCUT2D eigenvalue weighted by molar-refractivity contribution is -0.137. The van der Waals surface area contributed by atoms with Crippen molar-refractivity contribution in [3.05, 3.63) is 33.8 Å². The van der Waals surface area contributed by atoms with Gasteiger partial charge in [-0.25, -0.2) is 0 Å². The van der Waals surface area contributed by atoms with Gasteiger partial charge in [0.25, 0.3) is 0 Å². The molecule has 1 unspecified atom stereocenters. The highest BCUT2D eigenvalue weighted by Gasteiger charge is 2.32. The number of halogens is 1. The number of hydrogen-bond acceptors (Lipinski definition) is 2. The van der Waals surface area contributed by atoms with Gasteiger partial charge in [0.15, 0.2) is 5.78 Å². The molecule has 1 aliphatic rings. The Labute approximate surface area is 109 Å². The highest BCUT2D eigenvalue weighted by atomic mass is 79.9. The van der Waals surface area contributed by atoms with E-state index in [1.54, 1.807) is 12.1 Å². The lowest BCUT2D eigenvalue weighted by Gasteiger charge is -2.02. The van der Waals surface area contributed by atoms with Gasteiger partial charge in [0.2, 0.25) is 0 Å². The molecule has 0 radical (unpaired) electrons. The van der Waals surface area contributed by atoms with Crippen LogP contribution in [-0.2, 0) is 11.2 Å². The van der Waals surface area contributed by atoms with Gasteiger partial charge in [0.05, 0.1) is 6.42 Å². The number of carboxylic acid groups (broad SMARTS) is 1. The van der Waals surface area contributed by atoms with E-state index in [4.69, 9.17) is 5.11 Å². The first kappa shape index (κ1) is 13.9. The summed E-state index contributed by atoms with van der Waals surface area (Å²) in [6, 6.07) is 5.42. The van der Waals surface area contributed by atoms with Crippen LogP contribution in [0.15, 0.2) is 22.7 Å². The number of carbonyl (C=O) groups is 2. The Bertz CT molecular complexity index is 440. The lowest BCUT2D eigenvalue weighted by atomic mass is 10.0. The van der Waals surface area contributed by atoms with E-state index in [1.807, 2.05) is 19.9 Å². The molecule has 0 aromatic heterocycles. The van der Waals surface area contributed by atoms with Crippen LogP contribution in [0.4, 0.5) is 0 Å². The molecule has 0 saturated carbocycles. The second kappa shape index (κ2) is 5.96. The molecule has 0 bridgehead atoms. The van der Waals surface area contributed by atoms with E-state index in [0.717, 1.165) is 10.0 Å². The summed E-state index contributed by atoms with van der Waals surface area (Å²) in [5.41, 5.74) is 1.60. The first-order valence-corrected chi connectivity index (χ1v) is 6.42. The number of fused-ring (bicyclic) bond motifs is 1. The van der Waals surface area contributed by atoms with E-state index in [0.29, 0.717) is 12.0 Å². The van der Waals surface area contributed by atoms with Crippen molar-refractivity contribution in [2.75, 3.05) is 0 Å². The van der Waals surface area contributed by atoms with Crippen LogP contribution in [-0.4, -0.2) is 16.9 Å². The zero-order valence-corrected chi connectivity index (χ0v) is 11.5. The van der Waals surface area contributed by atoms with Gasteiger partial charge in [-0.1, -0.05) is 41.9 Å². The standard InChI is InChI=1S/C11H9BrO3.C2H6/c12-9-3-1-2-7-8(9)4-6(11(7)15)5-10(13)14;1-2/h1-3,6H,4-5H2,(H,13,14);1-2H3. The Kier molecular flexibility index (Phi) is 4.87. The number of Topliss-reactive ketones (excluding diaryl/α,β-unsaturated/α-hetero) is 1. The molecular weight excluding hydrogens is 284 g/mol. The average molecular weight is 299 g/mol. The largest absolute Gasteiger partial charge is 0.481 e. The third-order valence-corrected chi connectivity index (χ3v) is 3.37. The van der Waals surface area contributed by atoms with Crippen molar-refractivity contribution in [2.45, 2.75) is 26.7 Å². The summed E-state index contributed by atoms with van der Waals surface area (Å²) in [6.45, 7) is 4.00. The molecule has 0 fully saturated rings. The van der Waals surface area contributed by atoms with Crippen LogP contribution in [0.3, 0.4) is 0 Å². The van der Waals surface area contributed by atoms with Crippen LogP contribution in [0.1, 0.15) is 36.2 Å². The van der Waals surface area contributed by atoms with Gasteiger partial charge in [-0.3, -0.25) is 9.59 Å². The highest BCUT2D eigenvalue weighted by Crippen LogP contribution is 2.33. The molecule has 4 heteroatoms. The van der Waals surface area contributed by atoms with E-state index < -0.39 is 11.9 Å². The first-order valence-electron chi connectivity index (χ1n) is 5.63. The van der Waals surface area contributed by atoms with Crippen LogP contribution >= 0.6 is 15.9 Å². The molecule has 17 heavy (non-hydrogen) atoms. The zero-order valence-electron chi connectivity index (χ0n) is 9.87. The quantitative estimate of drug-likeness (QED) is 0.911. The minimum Gasteiger partial charge on any atom is -0.481 e. The predicted molar refractivity (Wildman–Crippen MR) is 69.3 cm³/mol. The summed E-state index contributed by atoms with van der Waals surface area (Å²) in [4.78, 5) is 22.4. The minimum absolute atomic E-state index is 0.0475. The van der Waals surface area contributed by atoms with Crippen LogP contribution in [0.5, 0.6) is 0 Å². The van der Waals surface area contributed by atoms with E-state index in [1.165, 1.54) is 0 Å². The van der Waals surface area contributed by atoms with Crippen molar-refractivity contribution in [1.82, 2.24) is 0 Å². The maximum absolute atomic E-state index is 11.8. The van der Waals surface area contributed by atoms with Gasteiger partial charge >= 0.3 is 5.97 Å². The summed E-state index contributed by atoms with van der Waals surface area (Å²) >= 11 is 3.37. The van der Waals surface area contributed by atoms with Gasteiger partial charge in [0.1, 0.15) is 0 Å². The van der Waals surface area contributed by atoms with Crippen LogP contribution in [0, 0.1) is 5.92 Å². The van der Waals surface area contributed by atoms with Crippen LogP contribution in [0.2, 0.25) is 0 Å². The van der Waals surface area contributed by atoms with Gasteiger partial charge in [-0.05, 0) is 18.1 Å². The van der Waals surface area contributed by atoms with Gasteiger partial charge in [0, 0.05) is 16.0 Å². The molecule has 0 aliphatic heterocycles. The van der Waals surface area contributed by atoms with Gasteiger partial charge in [-0.2, -0.15) is 0 Å². The van der Waals surface area contributed by atoms with Crippen molar-refractivity contribution in [2.24, 2.45) is 5.92 Å². The molecule has 1 atom stereocenters. The van der Waals surface area contributed by atoms with Crippen molar-refractivity contribution >= 4 is 27.7 Å². The fraction of sp³-hybridized carbons (Fsp3) is 0.385. The number of ketones is 1. The van der Waals surface area contributed by atoms with E-state index in [-0.39, 0.29) is 12.2 Å². The highest BCUT2D eigenvalue weighted by molar-refractivity contribution is 9.10. The van der Waals surface area contributed by atoms with Crippen molar-refractivity contribution in [1.29, 1.82) is 0 Å². The third-order valence-electron chi connectivity index (χ3n) is 2.63. The Morgan fingerprint density at radius 3 is 2.65 bits per heavy atom. The number of aliphatic carboxylic acids is 1. The number of hydrogen-bond donors (Lipinski definition) is 1. The SMILES string of the molecule is CC.O=C(O)CC1Cc2c(Br)cccc2C1=O. The second-order valence-corrected chi connectivity index (χ2v) is 4.48. The maximum atomic E-state index is 11.8. The first-order chi connectivity index (χ1) is 8.09. The maximum Gasteiger partial charge on any atom is 0.304 e. The molecule has 1 aliphatic carbocycles. The Hall–Kier alpha value is -1.16. The smallest absolute Gasteiger partial charge is 0.304 e. The molecular formula is C13H15BrO3. The summed E-state index contributed by atoms with van der Waals surface area (Å²) < 4.78 is 0.890. The fourth-order valence-corrected chi connectivity index (χ4v) is 2.46. The average Bonchev–Trinajstić information content (AvgIpc) is 2.61. The fourth-order valence-electron chi connectivity index (χ4n) is 1.93. The molecule has 2 rings (SSSR count). The van der Waals surface area contributed by atoms with Gasteiger partial charge in [-0.15, -0.1) is 0 Å². The Morgan fingerprint density at radius 1 is 1.47 bits per heavy atom. The molecule has 92 valence electrons. The summed E-state index contributed by atoms with van der Waals surface area (Å²) in [5, 5.41) is 8.68. The zero-order chi connectivity index (χ0) is 13.0. The number of carbonyl (C=O) groups excluding carboxylic acids is 1. The molecule has 0 saturated heterocycles. The van der Waals surface area contributed by atoms with E-state index >= 15 is 0 Å². The molecule has 0 amide bonds.